The number of sulfonamides is 1. The van der Waals surface area contributed by atoms with Gasteiger partial charge in [0.2, 0.25) is 21.7 Å². The predicted octanol–water partition coefficient (Wildman–Crippen LogP) is 7.32. The maximum atomic E-state index is 15.0. The largest absolute Gasteiger partial charge is 0.506 e. The second-order valence-corrected chi connectivity index (χ2v) is 15.7. The second-order valence-electron chi connectivity index (χ2n) is 13.4. The van der Waals surface area contributed by atoms with E-state index in [0.717, 1.165) is 34.9 Å². The van der Waals surface area contributed by atoms with Crippen molar-refractivity contribution in [3.05, 3.63) is 123 Å². The highest BCUT2D eigenvalue weighted by molar-refractivity contribution is 7.89. The number of hydrogen-bond acceptors (Lipinski definition) is 6. The van der Waals surface area contributed by atoms with Gasteiger partial charge in [-0.1, -0.05) is 68.8 Å². The number of nitrogens with zero attached hydrogens (tertiary/aromatic N) is 2. The van der Waals surface area contributed by atoms with Crippen molar-refractivity contribution in [2.45, 2.75) is 69.2 Å². The van der Waals surface area contributed by atoms with Crippen molar-refractivity contribution in [1.29, 1.82) is 0 Å². The number of hydrogen-bond donors (Lipinski definition) is 3. The molecule has 1 saturated carbocycles. The zero-order valence-electron chi connectivity index (χ0n) is 27.6. The fourth-order valence-electron chi connectivity index (χ4n) is 5.51. The summed E-state index contributed by atoms with van der Waals surface area (Å²) >= 11 is 5.95. The first-order valence-corrected chi connectivity index (χ1v) is 17.5. The third-order valence-corrected chi connectivity index (χ3v) is 10.6. The maximum Gasteiger partial charge on any atom is 0.249 e. The lowest BCUT2D eigenvalue weighted by Gasteiger charge is -2.29. The Hall–Kier alpha value is -4.08. The van der Waals surface area contributed by atoms with Crippen molar-refractivity contribution in [3.63, 3.8) is 0 Å². The average Bonchev–Trinajstić information content (AvgIpc) is 3.91. The molecular weight excluding hydrogens is 719 g/mol. The average molecular weight is 753 g/mol. The van der Waals surface area contributed by atoms with Crippen molar-refractivity contribution in [1.82, 2.24) is 4.31 Å². The van der Waals surface area contributed by atoms with Crippen LogP contribution in [0.15, 0.2) is 65.6 Å². The number of phenols is 1. The SMILES string of the molecule is CC(C)(C)c1cc(CN(C(=O)CN(Cc2ccc(Cl)cc2)S(=O)(=O)c2c(F)c(F)c(F)c(F)c2F)c2ccc(C(O)O)cc2O)cc(C2CC2)c1. The van der Waals surface area contributed by atoms with Crippen LogP contribution in [0.4, 0.5) is 27.6 Å². The molecule has 4 aromatic carbocycles. The Morgan fingerprint density at radius 1 is 0.843 bits per heavy atom. The van der Waals surface area contributed by atoms with Crippen molar-refractivity contribution < 1.29 is 50.5 Å². The summed E-state index contributed by atoms with van der Waals surface area (Å²) in [4.78, 5) is 13.2. The number of rotatable bonds is 11. The molecule has 272 valence electrons. The number of aliphatic hydroxyl groups excluding tert-OH is 1. The highest BCUT2D eigenvalue weighted by Gasteiger charge is 2.39. The van der Waals surface area contributed by atoms with Gasteiger partial charge in [-0.3, -0.25) is 4.79 Å². The van der Waals surface area contributed by atoms with Crippen LogP contribution in [-0.4, -0.2) is 40.5 Å². The second kappa shape index (κ2) is 14.5. The summed E-state index contributed by atoms with van der Waals surface area (Å²) in [6, 6.07) is 14.6. The highest BCUT2D eigenvalue weighted by atomic mass is 35.5. The Kier molecular flexibility index (Phi) is 10.9. The standard InChI is InChI=1S/C36H34ClF5N2O6S/c1-36(2,3)24-13-20(12-23(14-24)21-6-7-21)17-44(26-11-8-22(35(47)48)15-27(26)45)28(46)18-43(16-19-4-9-25(37)10-5-19)51(49,50)34-32(41)30(39)29(38)31(40)33(34)42/h4-5,8-15,21,35,45,47-48H,6-7,16-18H2,1-3H3. The minimum Gasteiger partial charge on any atom is -0.506 e. The molecule has 0 atom stereocenters. The quantitative estimate of drug-likeness (QED) is 0.0640. The summed E-state index contributed by atoms with van der Waals surface area (Å²) in [5, 5.41) is 30.5. The van der Waals surface area contributed by atoms with E-state index in [1.165, 1.54) is 36.4 Å². The van der Waals surface area contributed by atoms with Crippen LogP contribution in [0.1, 0.15) is 73.6 Å². The number of aliphatic hydroxyl groups is 2. The number of anilines is 1. The van der Waals surface area contributed by atoms with Gasteiger partial charge in [-0.2, -0.15) is 4.31 Å². The molecule has 4 aromatic rings. The van der Waals surface area contributed by atoms with Gasteiger partial charge in [-0.15, -0.1) is 0 Å². The van der Waals surface area contributed by atoms with Crippen LogP contribution >= 0.6 is 11.6 Å². The predicted molar refractivity (Wildman–Crippen MR) is 179 cm³/mol. The molecule has 1 aliphatic carbocycles. The van der Waals surface area contributed by atoms with Crippen LogP contribution in [0.3, 0.4) is 0 Å². The minimum atomic E-state index is -5.65. The first-order chi connectivity index (χ1) is 23.8. The fraction of sp³-hybridized carbons (Fsp3) is 0.306. The summed E-state index contributed by atoms with van der Waals surface area (Å²) in [6.45, 7) is 3.74. The summed E-state index contributed by atoms with van der Waals surface area (Å²) in [7, 11) is -5.65. The van der Waals surface area contributed by atoms with E-state index in [1.54, 1.807) is 0 Å². The Morgan fingerprint density at radius 2 is 1.43 bits per heavy atom. The fourth-order valence-corrected chi connectivity index (χ4v) is 7.13. The van der Waals surface area contributed by atoms with E-state index in [-0.39, 0.29) is 44.0 Å². The lowest BCUT2D eigenvalue weighted by atomic mass is 9.84. The zero-order valence-corrected chi connectivity index (χ0v) is 29.2. The number of benzene rings is 4. The van der Waals surface area contributed by atoms with Crippen LogP contribution in [-0.2, 0) is 33.3 Å². The molecule has 0 radical (unpaired) electrons. The van der Waals surface area contributed by atoms with E-state index in [0.29, 0.717) is 5.56 Å². The number of carbonyl (C=O) groups excluding carboxylic acids is 1. The van der Waals surface area contributed by atoms with Gasteiger partial charge in [-0.25, -0.2) is 30.4 Å². The summed E-state index contributed by atoms with van der Waals surface area (Å²) in [5.74, 6) is -14.2. The number of amides is 1. The first-order valence-electron chi connectivity index (χ1n) is 15.7. The van der Waals surface area contributed by atoms with Gasteiger partial charge in [-0.05, 0) is 70.7 Å². The molecule has 1 aliphatic rings. The number of phenolic OH excluding ortho intramolecular Hbond substituents is 1. The van der Waals surface area contributed by atoms with Crippen LogP contribution in [0, 0.1) is 29.1 Å². The monoisotopic (exact) mass is 752 g/mol. The molecular formula is C36H34ClF5N2O6S. The van der Waals surface area contributed by atoms with Crippen molar-refractivity contribution in [2.75, 3.05) is 11.4 Å². The van der Waals surface area contributed by atoms with Crippen molar-refractivity contribution >= 4 is 33.2 Å². The first kappa shape index (κ1) is 38.2. The van der Waals surface area contributed by atoms with Crippen LogP contribution in [0.5, 0.6) is 5.75 Å². The third-order valence-electron chi connectivity index (χ3n) is 8.51. The molecule has 8 nitrogen and oxygen atoms in total. The molecule has 0 unspecified atom stereocenters. The molecule has 0 saturated heterocycles. The van der Waals surface area contributed by atoms with E-state index in [1.807, 2.05) is 32.9 Å². The summed E-state index contributed by atoms with van der Waals surface area (Å²) < 4.78 is 100. The summed E-state index contributed by atoms with van der Waals surface area (Å²) in [5.41, 5.74) is 2.00. The molecule has 0 aliphatic heterocycles. The van der Waals surface area contributed by atoms with Crippen LogP contribution in [0.2, 0.25) is 5.02 Å². The van der Waals surface area contributed by atoms with Crippen molar-refractivity contribution in [2.24, 2.45) is 0 Å². The van der Waals surface area contributed by atoms with Gasteiger partial charge < -0.3 is 20.2 Å². The lowest BCUT2D eigenvalue weighted by molar-refractivity contribution is -0.119. The van der Waals surface area contributed by atoms with Gasteiger partial charge >= 0.3 is 0 Å². The van der Waals surface area contributed by atoms with Crippen LogP contribution < -0.4 is 4.90 Å². The van der Waals surface area contributed by atoms with E-state index < -0.39 is 75.0 Å². The lowest BCUT2D eigenvalue weighted by Crippen LogP contribution is -2.43. The van der Waals surface area contributed by atoms with E-state index >= 15 is 0 Å². The molecule has 3 N–H and O–H groups in total. The number of aromatic hydroxyl groups is 1. The van der Waals surface area contributed by atoms with Crippen molar-refractivity contribution in [3.8, 4) is 5.75 Å². The molecule has 15 heteroatoms. The molecule has 0 aromatic heterocycles. The summed E-state index contributed by atoms with van der Waals surface area (Å²) in [6.07, 6.45) is -0.0762. The van der Waals surface area contributed by atoms with Crippen LogP contribution in [0.25, 0.3) is 0 Å². The van der Waals surface area contributed by atoms with Gasteiger partial charge in [0, 0.05) is 17.1 Å². The molecule has 0 spiro atoms. The molecule has 5 rings (SSSR count). The number of carbonyl (C=O) groups is 1. The molecule has 1 fully saturated rings. The smallest absolute Gasteiger partial charge is 0.249 e. The Balaban J connectivity index is 1.64. The molecule has 51 heavy (non-hydrogen) atoms. The van der Waals surface area contributed by atoms with E-state index in [4.69, 9.17) is 11.6 Å². The van der Waals surface area contributed by atoms with Gasteiger partial charge in [0.1, 0.15) is 5.75 Å². The molecule has 0 bridgehead atoms. The third kappa shape index (κ3) is 8.20. The van der Waals surface area contributed by atoms with E-state index in [2.05, 4.69) is 6.07 Å². The normalized spacial score (nSPS) is 13.7. The van der Waals surface area contributed by atoms with Gasteiger partial charge in [0.05, 0.1) is 18.8 Å². The molecule has 0 heterocycles. The Bertz CT molecular complexity index is 2060. The van der Waals surface area contributed by atoms with E-state index in [9.17, 15) is 50.5 Å². The maximum absolute atomic E-state index is 15.0. The topological polar surface area (TPSA) is 118 Å². The Labute approximate surface area is 296 Å². The van der Waals surface area contributed by atoms with Gasteiger partial charge in [0.15, 0.2) is 34.5 Å². The minimum absolute atomic E-state index is 0.132. The Morgan fingerprint density at radius 3 is 1.96 bits per heavy atom. The highest BCUT2D eigenvalue weighted by Crippen LogP contribution is 2.42. The molecule has 1 amide bonds. The number of halogens is 6. The van der Waals surface area contributed by atoms with Gasteiger partial charge in [0.25, 0.3) is 0 Å². The zero-order chi connectivity index (χ0) is 37.6.